The zero-order valence-corrected chi connectivity index (χ0v) is 14.8. The first-order valence-electron chi connectivity index (χ1n) is 8.77. The lowest BCUT2D eigenvalue weighted by molar-refractivity contribution is 0.0938. The monoisotopic (exact) mass is 357 g/mol. The third kappa shape index (κ3) is 3.82. The second-order valence-corrected chi connectivity index (χ2v) is 6.27. The molecule has 0 bridgehead atoms. The van der Waals surface area contributed by atoms with Gasteiger partial charge < -0.3 is 15.0 Å². The molecule has 3 aromatic carbocycles. The van der Waals surface area contributed by atoms with Gasteiger partial charge in [0.05, 0.1) is 17.1 Å². The van der Waals surface area contributed by atoms with Crippen LogP contribution in [0.3, 0.4) is 0 Å². The van der Waals surface area contributed by atoms with E-state index in [1.807, 2.05) is 61.5 Å². The van der Waals surface area contributed by atoms with Gasteiger partial charge in [-0.1, -0.05) is 30.3 Å². The van der Waals surface area contributed by atoms with Crippen LogP contribution in [0.1, 0.15) is 29.1 Å². The fourth-order valence-electron chi connectivity index (χ4n) is 2.82. The molecule has 0 spiro atoms. The number of carbonyl (C=O) groups is 1. The summed E-state index contributed by atoms with van der Waals surface area (Å²) < 4.78 is 5.75. The molecule has 0 aliphatic heterocycles. The largest absolute Gasteiger partial charge is 0.457 e. The van der Waals surface area contributed by atoms with E-state index in [4.69, 9.17) is 4.74 Å². The van der Waals surface area contributed by atoms with Gasteiger partial charge in [0.2, 0.25) is 0 Å². The second kappa shape index (κ2) is 7.33. The van der Waals surface area contributed by atoms with Gasteiger partial charge in [0.15, 0.2) is 0 Å². The van der Waals surface area contributed by atoms with E-state index in [1.54, 1.807) is 24.3 Å². The SMILES string of the molecule is C[C@H](NC(=O)c1ccc(Oc2ccccc2)cc1)c1nc2ccccc2[nH]1. The number of rotatable bonds is 5. The van der Waals surface area contributed by atoms with Crippen molar-refractivity contribution >= 4 is 16.9 Å². The molecule has 5 nitrogen and oxygen atoms in total. The maximum absolute atomic E-state index is 12.5. The number of aromatic nitrogens is 2. The quantitative estimate of drug-likeness (QED) is 0.537. The molecule has 0 aliphatic rings. The Morgan fingerprint density at radius 3 is 2.33 bits per heavy atom. The van der Waals surface area contributed by atoms with E-state index in [0.29, 0.717) is 11.3 Å². The molecule has 1 atom stereocenters. The van der Waals surface area contributed by atoms with Crippen LogP contribution < -0.4 is 10.1 Å². The lowest BCUT2D eigenvalue weighted by Gasteiger charge is -2.12. The first-order chi connectivity index (χ1) is 13.2. The lowest BCUT2D eigenvalue weighted by Crippen LogP contribution is -2.27. The maximum atomic E-state index is 12.5. The van der Waals surface area contributed by atoms with E-state index in [2.05, 4.69) is 15.3 Å². The Balaban J connectivity index is 1.43. The van der Waals surface area contributed by atoms with Crippen LogP contribution in [0.2, 0.25) is 0 Å². The lowest BCUT2D eigenvalue weighted by atomic mass is 10.2. The van der Waals surface area contributed by atoms with Crippen molar-refractivity contribution in [2.45, 2.75) is 13.0 Å². The predicted octanol–water partition coefficient (Wildman–Crippen LogP) is 4.85. The predicted molar refractivity (Wildman–Crippen MR) is 105 cm³/mol. The maximum Gasteiger partial charge on any atom is 0.251 e. The van der Waals surface area contributed by atoms with Crippen LogP contribution >= 0.6 is 0 Å². The number of nitrogens with zero attached hydrogens (tertiary/aromatic N) is 1. The van der Waals surface area contributed by atoms with Crippen molar-refractivity contribution in [2.75, 3.05) is 0 Å². The molecular weight excluding hydrogens is 338 g/mol. The fourth-order valence-corrected chi connectivity index (χ4v) is 2.82. The van der Waals surface area contributed by atoms with Gasteiger partial charge in [-0.25, -0.2) is 4.98 Å². The van der Waals surface area contributed by atoms with Crippen LogP contribution in [0, 0.1) is 0 Å². The Morgan fingerprint density at radius 2 is 1.59 bits per heavy atom. The molecule has 0 aliphatic carbocycles. The number of hydrogen-bond donors (Lipinski definition) is 2. The van der Waals surface area contributed by atoms with Gasteiger partial charge in [0, 0.05) is 5.56 Å². The number of amides is 1. The first-order valence-corrected chi connectivity index (χ1v) is 8.77. The van der Waals surface area contributed by atoms with E-state index in [1.165, 1.54) is 0 Å². The van der Waals surface area contributed by atoms with Crippen molar-refractivity contribution in [1.82, 2.24) is 15.3 Å². The fraction of sp³-hybridized carbons (Fsp3) is 0.0909. The molecule has 134 valence electrons. The molecular formula is C22H19N3O2. The standard InChI is InChI=1S/C22H19N3O2/c1-15(21-24-19-9-5-6-10-20(19)25-21)23-22(26)16-11-13-18(14-12-16)27-17-7-3-2-4-8-17/h2-15H,1H3,(H,23,26)(H,24,25)/t15-/m0/s1. The summed E-state index contributed by atoms with van der Waals surface area (Å²) in [5.74, 6) is 2.01. The van der Waals surface area contributed by atoms with Crippen molar-refractivity contribution in [3.05, 3.63) is 90.3 Å². The molecule has 4 rings (SSSR count). The highest BCUT2D eigenvalue weighted by Gasteiger charge is 2.15. The zero-order chi connectivity index (χ0) is 18.6. The number of H-pyrrole nitrogens is 1. The summed E-state index contributed by atoms with van der Waals surface area (Å²) >= 11 is 0. The zero-order valence-electron chi connectivity index (χ0n) is 14.8. The summed E-state index contributed by atoms with van der Waals surface area (Å²) in [6, 6.07) is 24.2. The van der Waals surface area contributed by atoms with E-state index >= 15 is 0 Å². The third-order valence-corrected chi connectivity index (χ3v) is 4.26. The Labute approximate surface area is 157 Å². The van der Waals surface area contributed by atoms with Crippen molar-refractivity contribution in [1.29, 1.82) is 0 Å². The van der Waals surface area contributed by atoms with E-state index in [9.17, 15) is 4.79 Å². The van der Waals surface area contributed by atoms with E-state index in [-0.39, 0.29) is 11.9 Å². The summed E-state index contributed by atoms with van der Waals surface area (Å²) in [5, 5.41) is 2.97. The average Bonchev–Trinajstić information content (AvgIpc) is 3.14. The van der Waals surface area contributed by atoms with Crippen molar-refractivity contribution in [3.8, 4) is 11.5 Å². The highest BCUT2D eigenvalue weighted by molar-refractivity contribution is 5.94. The highest BCUT2D eigenvalue weighted by atomic mass is 16.5. The number of aromatic amines is 1. The molecule has 0 fully saturated rings. The van der Waals surface area contributed by atoms with Gasteiger partial charge in [-0.05, 0) is 55.5 Å². The van der Waals surface area contributed by atoms with Crippen LogP contribution in [0.5, 0.6) is 11.5 Å². The molecule has 2 N–H and O–H groups in total. The highest BCUT2D eigenvalue weighted by Crippen LogP contribution is 2.21. The van der Waals surface area contributed by atoms with Gasteiger partial charge in [0.1, 0.15) is 17.3 Å². The Morgan fingerprint density at radius 1 is 0.926 bits per heavy atom. The normalized spacial score (nSPS) is 11.9. The Hall–Kier alpha value is -3.60. The van der Waals surface area contributed by atoms with Crippen molar-refractivity contribution in [3.63, 3.8) is 0 Å². The molecule has 1 aromatic heterocycles. The van der Waals surface area contributed by atoms with Crippen LogP contribution in [-0.4, -0.2) is 15.9 Å². The number of nitrogens with one attached hydrogen (secondary N) is 2. The average molecular weight is 357 g/mol. The minimum absolute atomic E-state index is 0.158. The molecule has 5 heteroatoms. The van der Waals surface area contributed by atoms with Crippen LogP contribution in [0.25, 0.3) is 11.0 Å². The minimum atomic E-state index is -0.231. The molecule has 0 unspecified atom stereocenters. The molecule has 27 heavy (non-hydrogen) atoms. The number of carbonyl (C=O) groups excluding carboxylic acids is 1. The minimum Gasteiger partial charge on any atom is -0.457 e. The Kier molecular flexibility index (Phi) is 4.58. The van der Waals surface area contributed by atoms with Crippen molar-refractivity contribution in [2.24, 2.45) is 0 Å². The summed E-state index contributed by atoms with van der Waals surface area (Å²) in [7, 11) is 0. The molecule has 0 saturated heterocycles. The number of imidazole rings is 1. The van der Waals surface area contributed by atoms with Gasteiger partial charge in [-0.3, -0.25) is 4.79 Å². The molecule has 4 aromatic rings. The van der Waals surface area contributed by atoms with Gasteiger partial charge in [0.25, 0.3) is 5.91 Å². The summed E-state index contributed by atoms with van der Waals surface area (Å²) in [6.07, 6.45) is 0. The number of fused-ring (bicyclic) bond motifs is 1. The summed E-state index contributed by atoms with van der Waals surface area (Å²) in [5.41, 5.74) is 2.41. The topological polar surface area (TPSA) is 67.0 Å². The van der Waals surface area contributed by atoms with Crippen LogP contribution in [0.15, 0.2) is 78.9 Å². The van der Waals surface area contributed by atoms with Gasteiger partial charge in [-0.2, -0.15) is 0 Å². The second-order valence-electron chi connectivity index (χ2n) is 6.27. The summed E-state index contributed by atoms with van der Waals surface area (Å²) in [4.78, 5) is 20.3. The molecule has 1 amide bonds. The number of benzene rings is 3. The van der Waals surface area contributed by atoms with Crippen molar-refractivity contribution < 1.29 is 9.53 Å². The van der Waals surface area contributed by atoms with E-state index in [0.717, 1.165) is 22.6 Å². The first kappa shape index (κ1) is 16.8. The molecule has 1 heterocycles. The summed E-state index contributed by atoms with van der Waals surface area (Å²) in [6.45, 7) is 1.91. The molecule has 0 saturated carbocycles. The van der Waals surface area contributed by atoms with Gasteiger partial charge >= 0.3 is 0 Å². The number of para-hydroxylation sites is 3. The molecule has 0 radical (unpaired) electrons. The third-order valence-electron chi connectivity index (χ3n) is 4.26. The van der Waals surface area contributed by atoms with Crippen LogP contribution in [-0.2, 0) is 0 Å². The number of ether oxygens (including phenoxy) is 1. The van der Waals surface area contributed by atoms with Gasteiger partial charge in [-0.15, -0.1) is 0 Å². The number of hydrogen-bond acceptors (Lipinski definition) is 3. The smallest absolute Gasteiger partial charge is 0.251 e. The van der Waals surface area contributed by atoms with Crippen LogP contribution in [0.4, 0.5) is 0 Å². The Bertz CT molecular complexity index is 1020. The van der Waals surface area contributed by atoms with E-state index < -0.39 is 0 Å².